The van der Waals surface area contributed by atoms with Crippen LogP contribution in [0, 0.1) is 11.8 Å². The van der Waals surface area contributed by atoms with Crippen molar-refractivity contribution in [1.82, 2.24) is 25.5 Å². The van der Waals surface area contributed by atoms with Crippen molar-refractivity contribution in [2.24, 2.45) is 11.8 Å². The molecule has 2 saturated heterocycles. The lowest BCUT2D eigenvalue weighted by atomic mass is 9.77. The lowest BCUT2D eigenvalue weighted by Crippen LogP contribution is -2.54. The minimum absolute atomic E-state index is 0. The Morgan fingerprint density at radius 2 is 1.79 bits per heavy atom. The number of aromatic nitrogens is 2. The van der Waals surface area contributed by atoms with Gasteiger partial charge in [0.25, 0.3) is 0 Å². The van der Waals surface area contributed by atoms with Crippen molar-refractivity contribution >= 4 is 36.7 Å². The summed E-state index contributed by atoms with van der Waals surface area (Å²) in [6.45, 7) is 5.98. The number of hydrogen-bond acceptors (Lipinski definition) is 7. The largest absolute Gasteiger partial charge is 0.379 e. The van der Waals surface area contributed by atoms with E-state index in [0.717, 1.165) is 58.1 Å². The van der Waals surface area contributed by atoms with E-state index in [1.165, 1.54) is 0 Å². The van der Waals surface area contributed by atoms with Gasteiger partial charge < -0.3 is 20.3 Å². The quantitative estimate of drug-likeness (QED) is 0.683. The van der Waals surface area contributed by atoms with E-state index in [0.29, 0.717) is 18.4 Å². The van der Waals surface area contributed by atoms with E-state index in [-0.39, 0.29) is 42.9 Å². The summed E-state index contributed by atoms with van der Waals surface area (Å²) in [5.41, 5.74) is 0. The van der Waals surface area contributed by atoms with Crippen LogP contribution in [-0.2, 0) is 9.53 Å². The van der Waals surface area contributed by atoms with Crippen LogP contribution in [0.2, 0.25) is 0 Å². The molecule has 10 heteroatoms. The number of halogens is 2. The molecule has 8 nitrogen and oxygen atoms in total. The Kier molecular flexibility index (Phi) is 9.36. The summed E-state index contributed by atoms with van der Waals surface area (Å²) < 4.78 is 5.69. The van der Waals surface area contributed by atoms with Crippen LogP contribution in [0.15, 0.2) is 18.5 Å². The fraction of sp³-hybridized carbons (Fsp3) is 0.737. The third-order valence-electron chi connectivity index (χ3n) is 6.24. The van der Waals surface area contributed by atoms with Gasteiger partial charge in [-0.25, -0.2) is 9.97 Å². The number of ether oxygens (including phenoxy) is 1. The van der Waals surface area contributed by atoms with Gasteiger partial charge >= 0.3 is 0 Å². The SMILES string of the molecule is CO[C@H]1C[C@@H]2CNC[C@@H]2C[C@@H]1NC(=O)CN1CCN(c2ncccn2)CC1.Cl.Cl. The molecule has 3 fully saturated rings. The van der Waals surface area contributed by atoms with Crippen LogP contribution in [-0.4, -0.2) is 85.8 Å². The molecule has 3 heterocycles. The molecule has 1 saturated carbocycles. The molecule has 2 N–H and O–H groups in total. The zero-order valence-corrected chi connectivity index (χ0v) is 18.5. The molecule has 1 aromatic rings. The first-order valence-electron chi connectivity index (χ1n) is 10.00. The molecular weight excluding hydrogens is 415 g/mol. The summed E-state index contributed by atoms with van der Waals surface area (Å²) in [5.74, 6) is 2.23. The van der Waals surface area contributed by atoms with E-state index in [1.807, 2.05) is 6.07 Å². The van der Waals surface area contributed by atoms with Crippen molar-refractivity contribution in [2.45, 2.75) is 25.0 Å². The Bertz CT molecular complexity index is 632. The average molecular weight is 447 g/mol. The van der Waals surface area contributed by atoms with E-state index in [9.17, 15) is 4.79 Å². The number of carbonyl (C=O) groups is 1. The van der Waals surface area contributed by atoms with Crippen molar-refractivity contribution in [3.63, 3.8) is 0 Å². The van der Waals surface area contributed by atoms with Crippen LogP contribution in [0.5, 0.6) is 0 Å². The standard InChI is InChI=1S/C19H30N6O2.2ClH/c1-27-17-10-15-12-20-11-14(15)9-16(17)23-18(26)13-24-5-7-25(8-6-24)19-21-3-2-4-22-19;;/h2-4,14-17,20H,5-13H2,1H3,(H,23,26);2*1H/t14-,15+,16-,17-;;/m0../s1. The number of rotatable bonds is 5. The van der Waals surface area contributed by atoms with Gasteiger partial charge in [-0.05, 0) is 43.8 Å². The predicted molar refractivity (Wildman–Crippen MR) is 117 cm³/mol. The number of carbonyl (C=O) groups excluding carboxylic acids is 1. The van der Waals surface area contributed by atoms with Crippen LogP contribution in [0.3, 0.4) is 0 Å². The summed E-state index contributed by atoms with van der Waals surface area (Å²) in [7, 11) is 1.76. The molecule has 4 rings (SSSR count). The molecule has 0 spiro atoms. The highest BCUT2D eigenvalue weighted by Crippen LogP contribution is 2.34. The van der Waals surface area contributed by atoms with Crippen molar-refractivity contribution in [1.29, 1.82) is 0 Å². The molecule has 4 atom stereocenters. The highest BCUT2D eigenvalue weighted by molar-refractivity contribution is 5.85. The second-order valence-electron chi connectivity index (χ2n) is 7.91. The molecular formula is C19H32Cl2N6O2. The first kappa shape index (κ1) is 24.1. The number of amides is 1. The summed E-state index contributed by atoms with van der Waals surface area (Å²) >= 11 is 0. The average Bonchev–Trinajstić information content (AvgIpc) is 3.16. The highest BCUT2D eigenvalue weighted by atomic mass is 35.5. The van der Waals surface area contributed by atoms with E-state index >= 15 is 0 Å². The number of fused-ring (bicyclic) bond motifs is 1. The van der Waals surface area contributed by atoms with Crippen molar-refractivity contribution in [3.8, 4) is 0 Å². The van der Waals surface area contributed by atoms with Crippen LogP contribution >= 0.6 is 24.8 Å². The second kappa shape index (κ2) is 11.3. The molecule has 1 aromatic heterocycles. The topological polar surface area (TPSA) is 82.6 Å². The zero-order chi connectivity index (χ0) is 18.6. The monoisotopic (exact) mass is 446 g/mol. The fourth-order valence-electron chi connectivity index (χ4n) is 4.71. The Balaban J connectivity index is 0.00000150. The number of methoxy groups -OCH3 is 1. The van der Waals surface area contributed by atoms with Crippen LogP contribution in [0.1, 0.15) is 12.8 Å². The maximum Gasteiger partial charge on any atom is 0.234 e. The summed E-state index contributed by atoms with van der Waals surface area (Å²) in [6, 6.07) is 1.95. The maximum atomic E-state index is 12.6. The second-order valence-corrected chi connectivity index (χ2v) is 7.91. The third-order valence-corrected chi connectivity index (χ3v) is 6.24. The van der Waals surface area contributed by atoms with E-state index in [2.05, 4.69) is 30.4 Å². The van der Waals surface area contributed by atoms with E-state index in [1.54, 1.807) is 19.5 Å². The highest BCUT2D eigenvalue weighted by Gasteiger charge is 2.40. The molecule has 29 heavy (non-hydrogen) atoms. The molecule has 0 radical (unpaired) electrons. The van der Waals surface area contributed by atoms with Gasteiger partial charge in [0.2, 0.25) is 11.9 Å². The van der Waals surface area contributed by atoms with Crippen molar-refractivity contribution in [2.75, 3.05) is 57.8 Å². The minimum Gasteiger partial charge on any atom is -0.379 e. The minimum atomic E-state index is 0. The number of hydrogen-bond donors (Lipinski definition) is 2. The van der Waals surface area contributed by atoms with Crippen molar-refractivity contribution < 1.29 is 9.53 Å². The molecule has 1 amide bonds. The lowest BCUT2D eigenvalue weighted by molar-refractivity contribution is -0.125. The summed E-state index contributed by atoms with van der Waals surface area (Å²) in [5, 5.41) is 6.73. The van der Waals surface area contributed by atoms with Crippen molar-refractivity contribution in [3.05, 3.63) is 18.5 Å². The van der Waals surface area contributed by atoms with Gasteiger partial charge in [0.1, 0.15) is 0 Å². The predicted octanol–water partition coefficient (Wildman–Crippen LogP) is 0.571. The molecule has 3 aliphatic rings. The molecule has 0 bridgehead atoms. The first-order chi connectivity index (χ1) is 13.2. The smallest absolute Gasteiger partial charge is 0.234 e. The Morgan fingerprint density at radius 3 is 2.45 bits per heavy atom. The van der Waals surface area contributed by atoms with Crippen LogP contribution in [0.25, 0.3) is 0 Å². The van der Waals surface area contributed by atoms with Gasteiger partial charge in [0.15, 0.2) is 0 Å². The number of nitrogens with one attached hydrogen (secondary N) is 2. The van der Waals surface area contributed by atoms with Gasteiger partial charge in [-0.2, -0.15) is 0 Å². The molecule has 0 unspecified atom stereocenters. The summed E-state index contributed by atoms with van der Waals surface area (Å²) in [4.78, 5) is 25.6. The van der Waals surface area contributed by atoms with Gasteiger partial charge in [-0.3, -0.25) is 9.69 Å². The summed E-state index contributed by atoms with van der Waals surface area (Å²) in [6.07, 6.45) is 5.71. The number of nitrogens with zero attached hydrogens (tertiary/aromatic N) is 4. The number of piperazine rings is 1. The van der Waals surface area contributed by atoms with E-state index < -0.39 is 0 Å². The fourth-order valence-corrected chi connectivity index (χ4v) is 4.71. The Morgan fingerprint density at radius 1 is 1.14 bits per heavy atom. The van der Waals surface area contributed by atoms with Gasteiger partial charge in [0, 0.05) is 45.7 Å². The van der Waals surface area contributed by atoms with Gasteiger partial charge in [0.05, 0.1) is 18.7 Å². The molecule has 1 aliphatic carbocycles. The van der Waals surface area contributed by atoms with E-state index in [4.69, 9.17) is 4.74 Å². The van der Waals surface area contributed by atoms with Crippen LogP contribution in [0.4, 0.5) is 5.95 Å². The number of anilines is 1. The maximum absolute atomic E-state index is 12.6. The van der Waals surface area contributed by atoms with Crippen LogP contribution < -0.4 is 15.5 Å². The molecule has 0 aromatic carbocycles. The van der Waals surface area contributed by atoms with Gasteiger partial charge in [-0.1, -0.05) is 0 Å². The normalized spacial score (nSPS) is 29.3. The molecule has 164 valence electrons. The first-order valence-corrected chi connectivity index (χ1v) is 10.00. The Labute approximate surface area is 185 Å². The third kappa shape index (κ3) is 5.92. The zero-order valence-electron chi connectivity index (χ0n) is 16.8. The van der Waals surface area contributed by atoms with Gasteiger partial charge in [-0.15, -0.1) is 24.8 Å². The Hall–Kier alpha value is -1.19. The molecule has 2 aliphatic heterocycles. The lowest BCUT2D eigenvalue weighted by Gasteiger charge is -2.38.